The molecule has 0 spiro atoms. The van der Waals surface area contributed by atoms with E-state index in [9.17, 15) is 13.6 Å². The molecule has 4 aromatic rings. The topological polar surface area (TPSA) is 56.1 Å². The number of aryl methyl sites for hydroxylation is 1. The van der Waals surface area contributed by atoms with E-state index < -0.39 is 11.6 Å². The van der Waals surface area contributed by atoms with Gasteiger partial charge >= 0.3 is 0 Å². The molecule has 5 nitrogen and oxygen atoms in total. The van der Waals surface area contributed by atoms with Crippen LogP contribution >= 0.6 is 11.6 Å². The van der Waals surface area contributed by atoms with E-state index in [1.54, 1.807) is 35.0 Å². The van der Waals surface area contributed by atoms with Gasteiger partial charge in [-0.1, -0.05) is 41.9 Å². The number of hydrogen-bond acceptors (Lipinski definition) is 3. The van der Waals surface area contributed by atoms with Crippen LogP contribution in [0.15, 0.2) is 72.8 Å². The van der Waals surface area contributed by atoms with Gasteiger partial charge in [0.2, 0.25) is 0 Å². The van der Waals surface area contributed by atoms with Gasteiger partial charge in [0.15, 0.2) is 17.4 Å². The zero-order valence-electron chi connectivity index (χ0n) is 17.7. The van der Waals surface area contributed by atoms with Gasteiger partial charge in [0, 0.05) is 28.4 Å². The summed E-state index contributed by atoms with van der Waals surface area (Å²) in [5.74, 6) is -1.45. The van der Waals surface area contributed by atoms with E-state index in [2.05, 4.69) is 10.4 Å². The molecular weight excluding hydrogens is 448 g/mol. The van der Waals surface area contributed by atoms with Gasteiger partial charge in [-0.05, 0) is 48.4 Å². The molecule has 168 valence electrons. The third-order valence-corrected chi connectivity index (χ3v) is 5.35. The number of hydrogen-bond donors (Lipinski definition) is 1. The maximum atomic E-state index is 13.8. The Bertz CT molecular complexity index is 1310. The molecule has 0 aliphatic carbocycles. The third-order valence-electron chi connectivity index (χ3n) is 4.98. The number of nitrogens with zero attached hydrogens (tertiary/aromatic N) is 2. The Morgan fingerprint density at radius 2 is 1.88 bits per heavy atom. The summed E-state index contributed by atoms with van der Waals surface area (Å²) in [6.45, 7) is 2.40. The van der Waals surface area contributed by atoms with Crippen LogP contribution in [0.3, 0.4) is 0 Å². The molecule has 3 aromatic carbocycles. The first-order valence-corrected chi connectivity index (χ1v) is 10.5. The molecule has 0 saturated carbocycles. The lowest BCUT2D eigenvalue weighted by molar-refractivity contribution is 0.102. The van der Waals surface area contributed by atoms with Gasteiger partial charge < -0.3 is 10.1 Å². The van der Waals surface area contributed by atoms with Gasteiger partial charge in [-0.15, -0.1) is 0 Å². The molecular formula is C25H20ClF2N3O2. The van der Waals surface area contributed by atoms with Gasteiger partial charge in [-0.3, -0.25) is 9.48 Å². The van der Waals surface area contributed by atoms with E-state index in [1.807, 2.05) is 31.2 Å². The first-order chi connectivity index (χ1) is 15.9. The molecule has 0 aliphatic heterocycles. The van der Waals surface area contributed by atoms with Crippen molar-refractivity contribution >= 4 is 23.3 Å². The van der Waals surface area contributed by atoms with Gasteiger partial charge in [0.1, 0.15) is 12.4 Å². The minimum atomic E-state index is -0.786. The number of benzene rings is 3. The van der Waals surface area contributed by atoms with Gasteiger partial charge in [0.25, 0.3) is 5.91 Å². The zero-order valence-corrected chi connectivity index (χ0v) is 18.4. The van der Waals surface area contributed by atoms with E-state index >= 15 is 0 Å². The Labute approximate surface area is 194 Å². The first kappa shape index (κ1) is 22.5. The first-order valence-electron chi connectivity index (χ1n) is 10.1. The number of carbonyl (C=O) groups is 1. The molecule has 4 rings (SSSR count). The fourth-order valence-corrected chi connectivity index (χ4v) is 3.46. The van der Waals surface area contributed by atoms with Crippen molar-refractivity contribution in [2.75, 3.05) is 5.32 Å². The van der Waals surface area contributed by atoms with Crippen molar-refractivity contribution in [2.24, 2.45) is 0 Å². The summed E-state index contributed by atoms with van der Waals surface area (Å²) in [4.78, 5) is 12.7. The van der Waals surface area contributed by atoms with E-state index in [1.165, 1.54) is 6.07 Å². The van der Waals surface area contributed by atoms with Crippen LogP contribution in [-0.4, -0.2) is 15.7 Å². The lowest BCUT2D eigenvalue weighted by Crippen LogP contribution is -2.13. The minimum absolute atomic E-state index is 0.0231. The van der Waals surface area contributed by atoms with Gasteiger partial charge in [-0.25, -0.2) is 8.78 Å². The number of ether oxygens (including phenoxy) is 1. The highest BCUT2D eigenvalue weighted by atomic mass is 35.5. The summed E-state index contributed by atoms with van der Waals surface area (Å²) in [6.07, 6.45) is 0. The van der Waals surface area contributed by atoms with Gasteiger partial charge in [0.05, 0.1) is 6.54 Å². The summed E-state index contributed by atoms with van der Waals surface area (Å²) in [6, 6.07) is 19.1. The predicted octanol–water partition coefficient (Wildman–Crippen LogP) is 6.00. The quantitative estimate of drug-likeness (QED) is 0.362. The van der Waals surface area contributed by atoms with Crippen LogP contribution in [0.5, 0.6) is 5.75 Å². The number of halogens is 3. The van der Waals surface area contributed by atoms with Crippen molar-refractivity contribution in [3.05, 3.63) is 112 Å². The van der Waals surface area contributed by atoms with Crippen LogP contribution in [0, 0.1) is 18.6 Å². The van der Waals surface area contributed by atoms with E-state index in [-0.39, 0.29) is 18.3 Å². The Morgan fingerprint density at radius 1 is 1.06 bits per heavy atom. The average molecular weight is 468 g/mol. The van der Waals surface area contributed by atoms with Crippen molar-refractivity contribution in [1.29, 1.82) is 0 Å². The van der Waals surface area contributed by atoms with Crippen molar-refractivity contribution < 1.29 is 18.3 Å². The molecule has 33 heavy (non-hydrogen) atoms. The van der Waals surface area contributed by atoms with Crippen molar-refractivity contribution in [1.82, 2.24) is 9.78 Å². The van der Waals surface area contributed by atoms with Crippen molar-refractivity contribution in [3.8, 4) is 5.75 Å². The Balaban J connectivity index is 1.42. The molecule has 0 aliphatic rings. The maximum Gasteiger partial charge on any atom is 0.256 e. The molecule has 1 amide bonds. The van der Waals surface area contributed by atoms with Crippen LogP contribution < -0.4 is 10.1 Å². The highest BCUT2D eigenvalue weighted by molar-refractivity contribution is 6.31. The monoisotopic (exact) mass is 467 g/mol. The largest absolute Gasteiger partial charge is 0.486 e. The molecule has 0 bridgehead atoms. The summed E-state index contributed by atoms with van der Waals surface area (Å²) >= 11 is 6.23. The lowest BCUT2D eigenvalue weighted by atomic mass is 10.1. The SMILES string of the molecule is Cc1cc(NC(=O)c2cccc(COc3ccc(F)cc3F)c2)nn1Cc1ccccc1Cl. The highest BCUT2D eigenvalue weighted by Crippen LogP contribution is 2.20. The average Bonchev–Trinajstić information content (AvgIpc) is 3.13. The Kier molecular flexibility index (Phi) is 6.70. The molecule has 0 fully saturated rings. The van der Waals surface area contributed by atoms with Crippen LogP contribution in [0.4, 0.5) is 14.6 Å². The van der Waals surface area contributed by atoms with Crippen LogP contribution in [0.1, 0.15) is 27.2 Å². The molecule has 8 heteroatoms. The van der Waals surface area contributed by atoms with Gasteiger partial charge in [-0.2, -0.15) is 5.10 Å². The fraction of sp³-hybridized carbons (Fsp3) is 0.120. The van der Waals surface area contributed by atoms with Crippen LogP contribution in [-0.2, 0) is 13.2 Å². The third kappa shape index (κ3) is 5.56. The van der Waals surface area contributed by atoms with E-state index in [0.717, 1.165) is 23.4 Å². The summed E-state index contributed by atoms with van der Waals surface area (Å²) in [5.41, 5.74) is 2.85. The molecule has 1 heterocycles. The standard InChI is InChI=1S/C25H20ClF2N3O2/c1-16-11-24(30-31(16)14-19-6-2-3-8-21(19)26)29-25(32)18-7-4-5-17(12-18)15-33-23-10-9-20(27)13-22(23)28/h2-13H,14-15H2,1H3,(H,29,30,32). The second-order valence-corrected chi connectivity index (χ2v) is 7.85. The number of aromatic nitrogens is 2. The fourth-order valence-electron chi connectivity index (χ4n) is 3.26. The van der Waals surface area contributed by atoms with Crippen molar-refractivity contribution in [2.45, 2.75) is 20.1 Å². The number of nitrogens with one attached hydrogen (secondary N) is 1. The minimum Gasteiger partial charge on any atom is -0.486 e. The molecule has 1 aromatic heterocycles. The molecule has 0 radical (unpaired) electrons. The Hall–Kier alpha value is -3.71. The second kappa shape index (κ2) is 9.83. The predicted molar refractivity (Wildman–Crippen MR) is 123 cm³/mol. The maximum absolute atomic E-state index is 13.8. The molecule has 1 N–H and O–H groups in total. The van der Waals surface area contributed by atoms with E-state index in [4.69, 9.17) is 16.3 Å². The van der Waals surface area contributed by atoms with Crippen LogP contribution in [0.25, 0.3) is 0 Å². The molecule has 0 saturated heterocycles. The summed E-state index contributed by atoms with van der Waals surface area (Å²) < 4.78 is 34.0. The number of carbonyl (C=O) groups excluding carboxylic acids is 1. The smallest absolute Gasteiger partial charge is 0.256 e. The second-order valence-electron chi connectivity index (χ2n) is 7.44. The lowest BCUT2D eigenvalue weighted by Gasteiger charge is -2.09. The number of rotatable bonds is 7. The number of anilines is 1. The summed E-state index contributed by atoms with van der Waals surface area (Å²) in [7, 11) is 0. The van der Waals surface area contributed by atoms with Crippen molar-refractivity contribution in [3.63, 3.8) is 0 Å². The normalized spacial score (nSPS) is 10.8. The molecule has 0 unspecified atom stereocenters. The Morgan fingerprint density at radius 3 is 2.67 bits per heavy atom. The number of amides is 1. The molecule has 0 atom stereocenters. The summed E-state index contributed by atoms with van der Waals surface area (Å²) in [5, 5.41) is 7.90. The zero-order chi connectivity index (χ0) is 23.4. The highest BCUT2D eigenvalue weighted by Gasteiger charge is 2.12. The van der Waals surface area contributed by atoms with Crippen LogP contribution in [0.2, 0.25) is 5.02 Å². The van der Waals surface area contributed by atoms with E-state index in [0.29, 0.717) is 28.5 Å².